The molecule has 1 unspecified atom stereocenters. The van der Waals surface area contributed by atoms with Crippen molar-refractivity contribution in [2.45, 2.75) is 12.6 Å². The Labute approximate surface area is 82.7 Å². The number of likely N-dealkylation sites (N-methyl/N-ethyl adjacent to an activating group) is 1. The Balaban J connectivity index is 2.67. The lowest BCUT2D eigenvalue weighted by atomic mass is 10.3. The van der Waals surface area contributed by atoms with Crippen molar-refractivity contribution in [2.75, 3.05) is 20.8 Å². The first-order valence-electron chi connectivity index (χ1n) is 4.44. The van der Waals surface area contributed by atoms with Crippen LogP contribution in [-0.2, 0) is 11.3 Å². The van der Waals surface area contributed by atoms with Crippen molar-refractivity contribution in [3.8, 4) is 0 Å². The Morgan fingerprint density at radius 3 is 3.07 bits per heavy atom. The molecule has 0 aromatic carbocycles. The second-order valence-corrected chi connectivity index (χ2v) is 3.01. The van der Waals surface area contributed by atoms with Gasteiger partial charge < -0.3 is 10.1 Å². The van der Waals surface area contributed by atoms with E-state index >= 15 is 0 Å². The van der Waals surface area contributed by atoms with Crippen LogP contribution in [0, 0.1) is 0 Å². The van der Waals surface area contributed by atoms with Crippen molar-refractivity contribution >= 4 is 0 Å². The minimum atomic E-state index is -0.0450. The summed E-state index contributed by atoms with van der Waals surface area (Å²) in [6.07, 6.45) is 3.02. The molecule has 0 fully saturated rings. The molecule has 0 saturated carbocycles. The summed E-state index contributed by atoms with van der Waals surface area (Å²) >= 11 is 0. The first-order chi connectivity index (χ1) is 6.77. The van der Waals surface area contributed by atoms with Crippen molar-refractivity contribution < 1.29 is 4.74 Å². The predicted molar refractivity (Wildman–Crippen MR) is 53.2 cm³/mol. The summed E-state index contributed by atoms with van der Waals surface area (Å²) in [5.74, 6) is 0. The average Bonchev–Trinajstić information content (AvgIpc) is 2.20. The molecule has 0 amide bonds. The monoisotopic (exact) mass is 197 g/mol. The predicted octanol–water partition coefficient (Wildman–Crippen LogP) is -0.522. The van der Waals surface area contributed by atoms with E-state index in [1.54, 1.807) is 11.7 Å². The molecule has 5 heteroatoms. The third kappa shape index (κ3) is 2.93. The SMILES string of the molecule is CNC(COC)Cn1cnccc1=O. The normalized spacial score (nSPS) is 12.7. The number of aromatic nitrogens is 2. The summed E-state index contributed by atoms with van der Waals surface area (Å²) in [7, 11) is 3.47. The number of rotatable bonds is 5. The Morgan fingerprint density at radius 2 is 2.50 bits per heavy atom. The fraction of sp³-hybridized carbons (Fsp3) is 0.556. The van der Waals surface area contributed by atoms with Gasteiger partial charge >= 0.3 is 0 Å². The van der Waals surface area contributed by atoms with Crippen LogP contribution in [0.4, 0.5) is 0 Å². The summed E-state index contributed by atoms with van der Waals surface area (Å²) in [5, 5.41) is 3.07. The van der Waals surface area contributed by atoms with Gasteiger partial charge in [-0.3, -0.25) is 9.36 Å². The fourth-order valence-electron chi connectivity index (χ4n) is 1.18. The molecule has 1 aromatic heterocycles. The van der Waals surface area contributed by atoms with Crippen LogP contribution in [0.15, 0.2) is 23.4 Å². The van der Waals surface area contributed by atoms with Crippen LogP contribution in [0.2, 0.25) is 0 Å². The van der Waals surface area contributed by atoms with Gasteiger partial charge in [-0.15, -0.1) is 0 Å². The van der Waals surface area contributed by atoms with E-state index in [2.05, 4.69) is 10.3 Å². The largest absolute Gasteiger partial charge is 0.383 e. The Bertz CT molecular complexity index is 324. The van der Waals surface area contributed by atoms with Crippen LogP contribution in [0.25, 0.3) is 0 Å². The number of ether oxygens (including phenoxy) is 1. The van der Waals surface area contributed by atoms with Gasteiger partial charge in [0.2, 0.25) is 0 Å². The second kappa shape index (κ2) is 5.51. The molecule has 78 valence electrons. The van der Waals surface area contributed by atoms with E-state index in [0.29, 0.717) is 13.2 Å². The van der Waals surface area contributed by atoms with E-state index in [0.717, 1.165) is 0 Å². The van der Waals surface area contributed by atoms with Crippen molar-refractivity contribution in [3.05, 3.63) is 28.9 Å². The minimum Gasteiger partial charge on any atom is -0.383 e. The molecule has 0 aliphatic carbocycles. The van der Waals surface area contributed by atoms with E-state index < -0.39 is 0 Å². The van der Waals surface area contributed by atoms with E-state index in [-0.39, 0.29) is 11.6 Å². The van der Waals surface area contributed by atoms with Crippen molar-refractivity contribution in [3.63, 3.8) is 0 Å². The van der Waals surface area contributed by atoms with Crippen LogP contribution in [0.3, 0.4) is 0 Å². The minimum absolute atomic E-state index is 0.0450. The van der Waals surface area contributed by atoms with Gasteiger partial charge in [-0.2, -0.15) is 0 Å². The first kappa shape index (κ1) is 10.9. The smallest absolute Gasteiger partial charge is 0.253 e. The molecule has 0 aliphatic rings. The fourth-order valence-corrected chi connectivity index (χ4v) is 1.18. The zero-order valence-electron chi connectivity index (χ0n) is 8.43. The number of methoxy groups -OCH3 is 1. The third-order valence-electron chi connectivity index (χ3n) is 1.99. The zero-order valence-corrected chi connectivity index (χ0v) is 8.43. The molecule has 0 saturated heterocycles. The van der Waals surface area contributed by atoms with Crippen LogP contribution in [0.5, 0.6) is 0 Å². The molecule has 1 heterocycles. The highest BCUT2D eigenvalue weighted by molar-refractivity contribution is 4.83. The Hall–Kier alpha value is -1.20. The number of nitrogens with zero attached hydrogens (tertiary/aromatic N) is 2. The molecular formula is C9H15N3O2. The van der Waals surface area contributed by atoms with Crippen LogP contribution in [0.1, 0.15) is 0 Å². The topological polar surface area (TPSA) is 56.1 Å². The maximum atomic E-state index is 11.3. The van der Waals surface area contributed by atoms with E-state index in [1.165, 1.54) is 18.6 Å². The highest BCUT2D eigenvalue weighted by Crippen LogP contribution is 1.88. The zero-order chi connectivity index (χ0) is 10.4. The van der Waals surface area contributed by atoms with Crippen molar-refractivity contribution in [2.24, 2.45) is 0 Å². The standard InChI is InChI=1S/C9H15N3O2/c1-10-8(6-14-2)5-12-7-11-4-3-9(12)13/h3-4,7-8,10H,5-6H2,1-2H3. The molecule has 1 aromatic rings. The van der Waals surface area contributed by atoms with Gasteiger partial charge in [0.25, 0.3) is 5.56 Å². The lowest BCUT2D eigenvalue weighted by molar-refractivity contribution is 0.161. The molecule has 0 spiro atoms. The summed E-state index contributed by atoms with van der Waals surface area (Å²) in [6, 6.07) is 1.57. The van der Waals surface area contributed by atoms with Gasteiger partial charge in [0.1, 0.15) is 0 Å². The maximum Gasteiger partial charge on any atom is 0.253 e. The number of hydrogen-bond acceptors (Lipinski definition) is 4. The highest BCUT2D eigenvalue weighted by atomic mass is 16.5. The van der Waals surface area contributed by atoms with Crippen LogP contribution >= 0.6 is 0 Å². The van der Waals surface area contributed by atoms with Gasteiger partial charge in [0, 0.05) is 32.0 Å². The molecule has 14 heavy (non-hydrogen) atoms. The lowest BCUT2D eigenvalue weighted by Crippen LogP contribution is -2.37. The van der Waals surface area contributed by atoms with E-state index in [4.69, 9.17) is 4.74 Å². The maximum absolute atomic E-state index is 11.3. The van der Waals surface area contributed by atoms with E-state index in [9.17, 15) is 4.79 Å². The lowest BCUT2D eigenvalue weighted by Gasteiger charge is -2.15. The quantitative estimate of drug-likeness (QED) is 0.690. The van der Waals surface area contributed by atoms with Gasteiger partial charge in [-0.1, -0.05) is 0 Å². The molecule has 1 atom stereocenters. The van der Waals surface area contributed by atoms with Gasteiger partial charge in [0.15, 0.2) is 0 Å². The van der Waals surface area contributed by atoms with Crippen LogP contribution < -0.4 is 10.9 Å². The molecule has 1 N–H and O–H groups in total. The molecular weight excluding hydrogens is 182 g/mol. The summed E-state index contributed by atoms with van der Waals surface area (Å²) in [5.41, 5.74) is -0.0450. The summed E-state index contributed by atoms with van der Waals surface area (Å²) in [6.45, 7) is 1.13. The van der Waals surface area contributed by atoms with Gasteiger partial charge in [0.05, 0.1) is 12.9 Å². The first-order valence-corrected chi connectivity index (χ1v) is 4.44. The summed E-state index contributed by atoms with van der Waals surface area (Å²) in [4.78, 5) is 15.2. The van der Waals surface area contributed by atoms with E-state index in [1.807, 2.05) is 7.05 Å². The Kier molecular flexibility index (Phi) is 4.28. The van der Waals surface area contributed by atoms with Crippen LogP contribution in [-0.4, -0.2) is 36.4 Å². The van der Waals surface area contributed by atoms with Crippen molar-refractivity contribution in [1.82, 2.24) is 14.9 Å². The molecule has 0 bridgehead atoms. The summed E-state index contributed by atoms with van der Waals surface area (Å²) < 4.78 is 6.56. The van der Waals surface area contributed by atoms with Crippen molar-refractivity contribution in [1.29, 1.82) is 0 Å². The molecule has 1 rings (SSSR count). The number of nitrogens with one attached hydrogen (secondary N) is 1. The average molecular weight is 197 g/mol. The molecule has 0 radical (unpaired) electrons. The number of hydrogen-bond donors (Lipinski definition) is 1. The molecule has 0 aliphatic heterocycles. The Morgan fingerprint density at radius 1 is 1.71 bits per heavy atom. The third-order valence-corrected chi connectivity index (χ3v) is 1.99. The second-order valence-electron chi connectivity index (χ2n) is 3.01. The molecule has 5 nitrogen and oxygen atoms in total. The highest BCUT2D eigenvalue weighted by Gasteiger charge is 2.06. The van der Waals surface area contributed by atoms with Gasteiger partial charge in [-0.25, -0.2) is 4.98 Å². The van der Waals surface area contributed by atoms with Gasteiger partial charge in [-0.05, 0) is 7.05 Å².